The monoisotopic (exact) mass is 633 g/mol. The summed E-state index contributed by atoms with van der Waals surface area (Å²) in [7, 11) is 1.56. The molecular formula is C31H31N5O4S3. The predicted molar refractivity (Wildman–Crippen MR) is 175 cm³/mol. The van der Waals surface area contributed by atoms with Crippen LogP contribution in [0.5, 0.6) is 5.75 Å². The van der Waals surface area contributed by atoms with Gasteiger partial charge < -0.3 is 15.4 Å². The highest BCUT2D eigenvalue weighted by atomic mass is 32.2. The number of hydrogen-bond donors (Lipinski definition) is 3. The molecule has 1 atom stereocenters. The highest BCUT2D eigenvalue weighted by molar-refractivity contribution is 8.00. The molecule has 0 bridgehead atoms. The number of carbonyl (C=O) groups excluding carboxylic acids is 3. The van der Waals surface area contributed by atoms with Gasteiger partial charge >= 0.3 is 0 Å². The number of benzene rings is 3. The number of anilines is 2. The van der Waals surface area contributed by atoms with Gasteiger partial charge in [0.1, 0.15) is 11.4 Å². The molecule has 43 heavy (non-hydrogen) atoms. The summed E-state index contributed by atoms with van der Waals surface area (Å²) in [5.74, 6) is 0.381. The van der Waals surface area contributed by atoms with Gasteiger partial charge in [0, 0.05) is 27.7 Å². The van der Waals surface area contributed by atoms with Crippen LogP contribution in [0.25, 0.3) is 6.08 Å². The van der Waals surface area contributed by atoms with Crippen molar-refractivity contribution in [2.75, 3.05) is 23.5 Å². The van der Waals surface area contributed by atoms with Crippen molar-refractivity contribution in [2.24, 2.45) is 0 Å². The van der Waals surface area contributed by atoms with Crippen LogP contribution in [0.4, 0.5) is 10.8 Å². The van der Waals surface area contributed by atoms with Crippen LogP contribution in [0.3, 0.4) is 0 Å². The molecule has 3 amide bonds. The van der Waals surface area contributed by atoms with E-state index in [1.807, 2.05) is 32.0 Å². The summed E-state index contributed by atoms with van der Waals surface area (Å²) in [6, 6.07) is 23.1. The van der Waals surface area contributed by atoms with Gasteiger partial charge in [-0.25, -0.2) is 0 Å². The summed E-state index contributed by atoms with van der Waals surface area (Å²) in [5, 5.41) is 9.21. The number of carbonyl (C=O) groups is 3. The maximum Gasteiger partial charge on any atom is 0.272 e. The van der Waals surface area contributed by atoms with Crippen LogP contribution in [0, 0.1) is 0 Å². The lowest BCUT2D eigenvalue weighted by molar-refractivity contribution is -0.116. The van der Waals surface area contributed by atoms with Crippen LogP contribution in [0.2, 0.25) is 0 Å². The van der Waals surface area contributed by atoms with Crippen LogP contribution in [0.15, 0.2) is 94.6 Å². The minimum Gasteiger partial charge on any atom is -0.497 e. The number of nitrogens with one attached hydrogen (secondary N) is 3. The van der Waals surface area contributed by atoms with Gasteiger partial charge in [-0.3, -0.25) is 19.7 Å². The summed E-state index contributed by atoms with van der Waals surface area (Å²) in [5.41, 5.74) is 1.67. The van der Waals surface area contributed by atoms with E-state index in [0.717, 1.165) is 22.2 Å². The highest BCUT2D eigenvalue weighted by Gasteiger charge is 2.21. The first-order valence-electron chi connectivity index (χ1n) is 13.5. The summed E-state index contributed by atoms with van der Waals surface area (Å²) in [4.78, 5) is 44.6. The maximum atomic E-state index is 13.5. The first-order valence-corrected chi connectivity index (χ1v) is 16.1. The van der Waals surface area contributed by atoms with Crippen molar-refractivity contribution in [1.82, 2.24) is 14.7 Å². The first kappa shape index (κ1) is 31.8. The van der Waals surface area contributed by atoms with E-state index in [-0.39, 0.29) is 16.9 Å². The lowest BCUT2D eigenvalue weighted by atomic mass is 10.1. The number of nitrogens with zero attached hydrogens (tertiary/aromatic N) is 2. The van der Waals surface area contributed by atoms with E-state index in [1.54, 1.807) is 73.8 Å². The molecule has 0 aliphatic heterocycles. The number of rotatable bonds is 13. The van der Waals surface area contributed by atoms with Gasteiger partial charge in [-0.05, 0) is 66.3 Å². The van der Waals surface area contributed by atoms with Crippen molar-refractivity contribution in [3.05, 3.63) is 95.7 Å². The predicted octanol–water partition coefficient (Wildman–Crippen LogP) is 6.58. The molecule has 0 radical (unpaired) electrons. The fourth-order valence-corrected chi connectivity index (χ4v) is 6.09. The minimum atomic E-state index is -0.504. The number of aromatic nitrogens is 2. The number of amides is 3. The quantitative estimate of drug-likeness (QED) is 0.112. The molecule has 0 saturated heterocycles. The Labute approximate surface area is 263 Å². The molecular weight excluding hydrogens is 603 g/mol. The molecule has 9 nitrogen and oxygen atoms in total. The fraction of sp³-hybridized carbons (Fsp3) is 0.194. The molecule has 0 aliphatic rings. The van der Waals surface area contributed by atoms with Crippen LogP contribution in [-0.4, -0.2) is 45.2 Å². The normalized spacial score (nSPS) is 11.8. The molecule has 3 aromatic carbocycles. The Kier molecular flexibility index (Phi) is 11.8. The van der Waals surface area contributed by atoms with Crippen molar-refractivity contribution < 1.29 is 19.1 Å². The molecule has 1 heterocycles. The van der Waals surface area contributed by atoms with Crippen molar-refractivity contribution in [3.63, 3.8) is 0 Å². The van der Waals surface area contributed by atoms with E-state index in [2.05, 4.69) is 25.3 Å². The van der Waals surface area contributed by atoms with E-state index in [1.165, 1.54) is 23.5 Å². The van der Waals surface area contributed by atoms with Crippen LogP contribution in [-0.2, 0) is 9.59 Å². The third-order valence-electron chi connectivity index (χ3n) is 5.88. The average Bonchev–Trinajstić information content (AvgIpc) is 3.46. The first-order chi connectivity index (χ1) is 20.9. The Balaban J connectivity index is 1.49. The van der Waals surface area contributed by atoms with Gasteiger partial charge in [-0.2, -0.15) is 9.36 Å². The maximum absolute atomic E-state index is 13.5. The van der Waals surface area contributed by atoms with Crippen LogP contribution < -0.4 is 20.7 Å². The number of thioether (sulfide) groups is 2. The molecule has 12 heteroatoms. The zero-order valence-corrected chi connectivity index (χ0v) is 26.3. The van der Waals surface area contributed by atoms with Crippen LogP contribution in [0.1, 0.15) is 36.2 Å². The topological polar surface area (TPSA) is 122 Å². The number of methoxy groups -OCH3 is 1. The van der Waals surface area contributed by atoms with Gasteiger partial charge in [0.25, 0.3) is 11.8 Å². The largest absolute Gasteiger partial charge is 0.497 e. The third-order valence-corrected chi connectivity index (χ3v) is 8.71. The van der Waals surface area contributed by atoms with Gasteiger partial charge in [0.2, 0.25) is 16.2 Å². The summed E-state index contributed by atoms with van der Waals surface area (Å²) >= 11 is 4.06. The Hall–Kier alpha value is -4.13. The van der Waals surface area contributed by atoms with Crippen molar-refractivity contribution in [1.29, 1.82) is 0 Å². The highest BCUT2D eigenvalue weighted by Crippen LogP contribution is 2.29. The smallest absolute Gasteiger partial charge is 0.272 e. The molecule has 0 saturated carbocycles. The molecule has 0 spiro atoms. The molecule has 222 valence electrons. The Bertz CT molecular complexity index is 1590. The van der Waals surface area contributed by atoms with Crippen LogP contribution >= 0.6 is 35.1 Å². The zero-order chi connectivity index (χ0) is 30.6. The molecule has 0 aliphatic carbocycles. The molecule has 4 aromatic rings. The van der Waals surface area contributed by atoms with Crippen molar-refractivity contribution in [2.45, 2.75) is 35.6 Å². The Morgan fingerprint density at radius 2 is 1.77 bits per heavy atom. The molecule has 1 aromatic heterocycles. The van der Waals surface area contributed by atoms with Gasteiger partial charge in [-0.1, -0.05) is 62.0 Å². The van der Waals surface area contributed by atoms with Crippen molar-refractivity contribution >= 4 is 69.7 Å². The molecule has 3 N–H and O–H groups in total. The van der Waals surface area contributed by atoms with E-state index in [9.17, 15) is 14.4 Å². The summed E-state index contributed by atoms with van der Waals surface area (Å²) < 4.78 is 9.55. The molecule has 1 unspecified atom stereocenters. The lowest BCUT2D eigenvalue weighted by Gasteiger charge is -2.15. The standard InChI is InChI=1S/C31H31N5O4S3/c1-4-26(29(39)34-30-35-31(36-43-30)41-5-2)42-24-16-10-14-22(19-24)32-28(38)25(18-20-11-9-15-23(17-20)40-3)33-27(37)21-12-7-6-8-13-21/h6-19,26H,4-5H2,1-3H3,(H,32,38)(H,33,37)(H,34,35,36,39)/b25-18-. The SMILES string of the molecule is CCSc1nsc(NC(=O)C(CC)Sc2cccc(NC(=O)/C(=C/c3cccc(OC)c3)NC(=O)c3ccccc3)c2)n1. The minimum absolute atomic E-state index is 0.0589. The van der Waals surface area contributed by atoms with E-state index in [4.69, 9.17) is 4.74 Å². The zero-order valence-electron chi connectivity index (χ0n) is 23.8. The van der Waals surface area contributed by atoms with E-state index >= 15 is 0 Å². The Morgan fingerprint density at radius 3 is 2.51 bits per heavy atom. The van der Waals surface area contributed by atoms with Gasteiger partial charge in [0.15, 0.2) is 0 Å². The second-order valence-corrected chi connectivity index (χ2v) is 12.2. The van der Waals surface area contributed by atoms with Crippen molar-refractivity contribution in [3.8, 4) is 5.75 Å². The number of ether oxygens (including phenoxy) is 1. The van der Waals surface area contributed by atoms with Gasteiger partial charge in [-0.15, -0.1) is 11.8 Å². The third kappa shape index (κ3) is 9.43. The summed E-state index contributed by atoms with van der Waals surface area (Å²) in [6.45, 7) is 3.95. The second-order valence-electron chi connectivity index (χ2n) is 8.96. The van der Waals surface area contributed by atoms with E-state index < -0.39 is 11.8 Å². The number of hydrogen-bond acceptors (Lipinski definition) is 9. The molecule has 4 rings (SSSR count). The Morgan fingerprint density at radius 1 is 0.977 bits per heavy atom. The van der Waals surface area contributed by atoms with E-state index in [0.29, 0.717) is 39.3 Å². The molecule has 0 fully saturated rings. The van der Waals surface area contributed by atoms with Gasteiger partial charge in [0.05, 0.1) is 12.4 Å². The second kappa shape index (κ2) is 15.9. The summed E-state index contributed by atoms with van der Waals surface area (Å²) in [6.07, 6.45) is 2.17. The lowest BCUT2D eigenvalue weighted by Crippen LogP contribution is -2.30. The average molecular weight is 634 g/mol. The fourth-order valence-electron chi connectivity index (χ4n) is 3.81.